The molecule has 84 valence electrons. The van der Waals surface area contributed by atoms with Crippen molar-refractivity contribution < 1.29 is 0 Å². The van der Waals surface area contributed by atoms with Crippen LogP contribution in [0.1, 0.15) is 5.56 Å². The predicted molar refractivity (Wildman–Crippen MR) is 65.9 cm³/mol. The van der Waals surface area contributed by atoms with Gasteiger partial charge in [-0.25, -0.2) is 9.97 Å². The maximum atomic E-state index is 8.96. The quantitative estimate of drug-likeness (QED) is 0.848. The summed E-state index contributed by atoms with van der Waals surface area (Å²) in [7, 11) is 0. The molecule has 0 bridgehead atoms. The average molecular weight is 246 g/mol. The van der Waals surface area contributed by atoms with Gasteiger partial charge in [0, 0.05) is 17.4 Å². The van der Waals surface area contributed by atoms with Gasteiger partial charge in [0.1, 0.15) is 6.07 Å². The van der Waals surface area contributed by atoms with E-state index >= 15 is 0 Å². The van der Waals surface area contributed by atoms with E-state index in [1.54, 1.807) is 18.2 Å². The van der Waals surface area contributed by atoms with Crippen molar-refractivity contribution in [2.45, 2.75) is 0 Å². The number of hydrogen-bond acceptors (Lipinski definition) is 5. The van der Waals surface area contributed by atoms with E-state index in [4.69, 9.17) is 22.6 Å². The summed E-state index contributed by atoms with van der Waals surface area (Å²) in [4.78, 5) is 7.92. The molecule has 2 aromatic rings. The van der Waals surface area contributed by atoms with Crippen LogP contribution in [0.15, 0.2) is 30.6 Å². The van der Waals surface area contributed by atoms with Gasteiger partial charge < -0.3 is 11.1 Å². The van der Waals surface area contributed by atoms with Gasteiger partial charge in [0.15, 0.2) is 11.6 Å². The smallest absolute Gasteiger partial charge is 0.173 e. The zero-order valence-electron chi connectivity index (χ0n) is 8.68. The zero-order chi connectivity index (χ0) is 12.3. The first-order valence-electron chi connectivity index (χ1n) is 4.74. The lowest BCUT2D eigenvalue weighted by atomic mass is 10.2. The number of nitriles is 1. The molecule has 1 aromatic carbocycles. The molecule has 0 saturated carbocycles. The van der Waals surface area contributed by atoms with Crippen molar-refractivity contribution in [3.8, 4) is 6.07 Å². The number of anilines is 3. The molecule has 0 fully saturated rings. The fourth-order valence-electron chi connectivity index (χ4n) is 1.29. The first kappa shape index (κ1) is 11.2. The molecule has 0 saturated heterocycles. The molecule has 0 aliphatic carbocycles. The molecule has 5 nitrogen and oxygen atoms in total. The molecule has 1 aromatic heterocycles. The van der Waals surface area contributed by atoms with Gasteiger partial charge >= 0.3 is 0 Å². The molecule has 3 N–H and O–H groups in total. The summed E-state index contributed by atoms with van der Waals surface area (Å²) < 4.78 is 0. The third-order valence-corrected chi connectivity index (χ3v) is 2.32. The van der Waals surface area contributed by atoms with E-state index in [1.807, 2.05) is 0 Å². The number of halogens is 1. The third kappa shape index (κ3) is 2.44. The first-order valence-corrected chi connectivity index (χ1v) is 5.11. The molecule has 0 atom stereocenters. The number of nitrogens with one attached hydrogen (secondary N) is 1. The largest absolute Gasteiger partial charge is 0.381 e. The molecule has 2 rings (SSSR count). The van der Waals surface area contributed by atoms with E-state index in [1.165, 1.54) is 12.4 Å². The summed E-state index contributed by atoms with van der Waals surface area (Å²) in [6.07, 6.45) is 3.00. The van der Waals surface area contributed by atoms with Crippen LogP contribution < -0.4 is 11.1 Å². The normalized spacial score (nSPS) is 9.65. The highest BCUT2D eigenvalue weighted by atomic mass is 35.5. The minimum Gasteiger partial charge on any atom is -0.381 e. The van der Waals surface area contributed by atoms with Crippen LogP contribution in [0.5, 0.6) is 0 Å². The molecule has 0 spiro atoms. The van der Waals surface area contributed by atoms with Gasteiger partial charge in [0.05, 0.1) is 11.3 Å². The van der Waals surface area contributed by atoms with E-state index in [-0.39, 0.29) is 5.82 Å². The molecule has 17 heavy (non-hydrogen) atoms. The van der Waals surface area contributed by atoms with Crippen LogP contribution in [0, 0.1) is 11.3 Å². The number of aromatic nitrogens is 2. The van der Waals surface area contributed by atoms with Gasteiger partial charge in [-0.2, -0.15) is 5.26 Å². The van der Waals surface area contributed by atoms with E-state index in [9.17, 15) is 0 Å². The Kier molecular flexibility index (Phi) is 3.08. The highest BCUT2D eigenvalue weighted by molar-refractivity contribution is 6.30. The fraction of sp³-hybridized carbons (Fsp3) is 0. The first-order chi connectivity index (χ1) is 8.20. The number of rotatable bonds is 2. The minimum atomic E-state index is 0.261. The monoisotopic (exact) mass is 245 g/mol. The average Bonchev–Trinajstić information content (AvgIpc) is 2.32. The topological polar surface area (TPSA) is 87.6 Å². The lowest BCUT2D eigenvalue weighted by Crippen LogP contribution is -2.02. The van der Waals surface area contributed by atoms with Crippen LogP contribution in [0.3, 0.4) is 0 Å². The Balaban J connectivity index is 2.40. The van der Waals surface area contributed by atoms with Gasteiger partial charge in [-0.3, -0.25) is 0 Å². The molecule has 6 heteroatoms. The van der Waals surface area contributed by atoms with Crippen LogP contribution in [-0.2, 0) is 0 Å². The van der Waals surface area contributed by atoms with Crippen molar-refractivity contribution in [3.05, 3.63) is 41.2 Å². The number of nitrogens with two attached hydrogens (primary N) is 1. The highest BCUT2D eigenvalue weighted by Crippen LogP contribution is 2.24. The Morgan fingerprint density at radius 3 is 2.76 bits per heavy atom. The van der Waals surface area contributed by atoms with Crippen molar-refractivity contribution in [1.29, 1.82) is 5.26 Å². The minimum absolute atomic E-state index is 0.261. The molecule has 1 heterocycles. The van der Waals surface area contributed by atoms with Crippen molar-refractivity contribution in [3.63, 3.8) is 0 Å². The van der Waals surface area contributed by atoms with E-state index < -0.39 is 0 Å². The summed E-state index contributed by atoms with van der Waals surface area (Å²) in [6, 6.07) is 6.95. The molecular weight excluding hydrogens is 238 g/mol. The third-order valence-electron chi connectivity index (χ3n) is 2.08. The van der Waals surface area contributed by atoms with Crippen molar-refractivity contribution in [2.24, 2.45) is 0 Å². The molecular formula is C11H8ClN5. The predicted octanol–water partition coefficient (Wildman–Crippen LogP) is 2.33. The Morgan fingerprint density at radius 1 is 1.29 bits per heavy atom. The summed E-state index contributed by atoms with van der Waals surface area (Å²) >= 11 is 5.86. The van der Waals surface area contributed by atoms with E-state index in [0.29, 0.717) is 22.1 Å². The fourth-order valence-corrected chi connectivity index (χ4v) is 1.46. The van der Waals surface area contributed by atoms with Gasteiger partial charge in [-0.1, -0.05) is 11.6 Å². The van der Waals surface area contributed by atoms with Gasteiger partial charge in [-0.15, -0.1) is 0 Å². The van der Waals surface area contributed by atoms with Crippen molar-refractivity contribution in [2.75, 3.05) is 11.1 Å². The maximum absolute atomic E-state index is 8.96. The number of benzene rings is 1. The van der Waals surface area contributed by atoms with Crippen molar-refractivity contribution in [1.82, 2.24) is 9.97 Å². The van der Waals surface area contributed by atoms with Crippen LogP contribution >= 0.6 is 11.6 Å². The SMILES string of the molecule is N#Cc1ccc(Cl)cc1Nc1nccnc1N. The van der Waals surface area contributed by atoms with Crippen LogP contribution in [0.2, 0.25) is 5.02 Å². The summed E-state index contributed by atoms with van der Waals surface area (Å²) in [5.74, 6) is 0.655. The Bertz CT molecular complexity index is 591. The number of nitrogen functional groups attached to an aromatic ring is 1. The lowest BCUT2D eigenvalue weighted by molar-refractivity contribution is 1.21. The number of hydrogen-bond donors (Lipinski definition) is 2. The van der Waals surface area contributed by atoms with Crippen LogP contribution in [-0.4, -0.2) is 9.97 Å². The maximum Gasteiger partial charge on any atom is 0.173 e. The summed E-state index contributed by atoms with van der Waals surface area (Å²) in [5, 5.41) is 12.4. The van der Waals surface area contributed by atoms with Crippen LogP contribution in [0.25, 0.3) is 0 Å². The Morgan fingerprint density at radius 2 is 2.06 bits per heavy atom. The standard InChI is InChI=1S/C11H8ClN5/c12-8-2-1-7(6-13)9(5-8)17-11-10(14)15-3-4-16-11/h1-5H,(H2,14,15)(H,16,17). The summed E-state index contributed by atoms with van der Waals surface area (Å²) in [6.45, 7) is 0. The highest BCUT2D eigenvalue weighted by Gasteiger charge is 2.06. The van der Waals surface area contributed by atoms with Gasteiger partial charge in [-0.05, 0) is 18.2 Å². The van der Waals surface area contributed by atoms with E-state index in [2.05, 4.69) is 21.4 Å². The summed E-state index contributed by atoms with van der Waals surface area (Å²) in [5.41, 5.74) is 6.65. The van der Waals surface area contributed by atoms with Gasteiger partial charge in [0.2, 0.25) is 0 Å². The van der Waals surface area contributed by atoms with Crippen molar-refractivity contribution >= 4 is 28.9 Å². The van der Waals surface area contributed by atoms with Crippen LogP contribution in [0.4, 0.5) is 17.3 Å². The second kappa shape index (κ2) is 4.68. The second-order valence-electron chi connectivity index (χ2n) is 3.22. The second-order valence-corrected chi connectivity index (χ2v) is 3.65. The molecule has 0 amide bonds. The lowest BCUT2D eigenvalue weighted by Gasteiger charge is -2.08. The molecule has 0 unspecified atom stereocenters. The molecule has 0 radical (unpaired) electrons. The molecule has 0 aliphatic rings. The number of nitrogens with zero attached hydrogens (tertiary/aromatic N) is 3. The molecule has 0 aliphatic heterocycles. The van der Waals surface area contributed by atoms with E-state index in [0.717, 1.165) is 0 Å². The Hall–Kier alpha value is -2.32. The zero-order valence-corrected chi connectivity index (χ0v) is 9.44. The van der Waals surface area contributed by atoms with Gasteiger partial charge in [0.25, 0.3) is 0 Å². The Labute approximate surface area is 103 Å².